The van der Waals surface area contributed by atoms with Crippen LogP contribution in [0.3, 0.4) is 0 Å². The third-order valence-corrected chi connectivity index (χ3v) is 14.4. The van der Waals surface area contributed by atoms with Crippen molar-refractivity contribution in [2.45, 2.75) is 38.5 Å². The molecule has 2 nitrogen and oxygen atoms in total. The summed E-state index contributed by atoms with van der Waals surface area (Å²) >= 11 is 1.72. The first-order valence-electron chi connectivity index (χ1n) is 20.6. The Morgan fingerprint density at radius 3 is 1.39 bits per heavy atom. The van der Waals surface area contributed by atoms with E-state index in [1.54, 1.807) is 11.3 Å². The molecule has 0 spiro atoms. The van der Waals surface area contributed by atoms with Gasteiger partial charge in [0.25, 0.3) is 0 Å². The molecule has 2 aromatic heterocycles. The van der Waals surface area contributed by atoms with Crippen molar-refractivity contribution < 1.29 is 0 Å². The van der Waals surface area contributed by atoms with Gasteiger partial charge in [0.15, 0.2) is 0 Å². The number of nitrogens with zero attached hydrogens (tertiary/aromatic N) is 2. The van der Waals surface area contributed by atoms with E-state index in [4.69, 9.17) is 9.97 Å². The standard InChI is InChI=1S/C56H40N2S/c1-55(2)46-17-7-5-15-41(46)43-23-19-38(30-48(43)55)34-12-9-11-33(27-34)37-22-26-52-45(29-37)53-54(59-52)58-50-25-21-40(32-51(50)57-53)36-14-10-13-35(28-36)39-20-24-44-42-16-6-8-18-47(42)56(3,4)49(44)31-39/h5-32H,1-4H3. The lowest BCUT2D eigenvalue weighted by Crippen LogP contribution is -2.14. The zero-order valence-corrected chi connectivity index (χ0v) is 34.3. The summed E-state index contributed by atoms with van der Waals surface area (Å²) in [6, 6.07) is 62.8. The average Bonchev–Trinajstić information content (AvgIpc) is 3.83. The molecule has 59 heavy (non-hydrogen) atoms. The van der Waals surface area contributed by atoms with Crippen LogP contribution in [0.5, 0.6) is 0 Å². The van der Waals surface area contributed by atoms with Crippen molar-refractivity contribution in [1.82, 2.24) is 9.97 Å². The molecule has 3 heteroatoms. The van der Waals surface area contributed by atoms with Crippen LogP contribution in [-0.4, -0.2) is 9.97 Å². The van der Waals surface area contributed by atoms with Crippen molar-refractivity contribution in [1.29, 1.82) is 0 Å². The minimum atomic E-state index is -0.0351. The van der Waals surface area contributed by atoms with Crippen LogP contribution in [0, 0.1) is 0 Å². The highest BCUT2D eigenvalue weighted by molar-refractivity contribution is 7.25. The van der Waals surface area contributed by atoms with Crippen LogP contribution in [0.15, 0.2) is 170 Å². The normalized spacial score (nSPS) is 14.4. The summed E-state index contributed by atoms with van der Waals surface area (Å²) in [5.41, 5.74) is 23.3. The first kappa shape index (κ1) is 34.4. The van der Waals surface area contributed by atoms with Crippen LogP contribution < -0.4 is 0 Å². The molecule has 0 saturated carbocycles. The zero-order valence-electron chi connectivity index (χ0n) is 33.5. The number of benzene rings is 8. The number of thiophene rings is 1. The van der Waals surface area contributed by atoms with Gasteiger partial charge < -0.3 is 0 Å². The molecule has 2 aliphatic carbocycles. The van der Waals surface area contributed by atoms with Crippen LogP contribution in [0.2, 0.25) is 0 Å². The van der Waals surface area contributed by atoms with E-state index in [9.17, 15) is 0 Å². The quantitative estimate of drug-likeness (QED) is 0.178. The van der Waals surface area contributed by atoms with Gasteiger partial charge >= 0.3 is 0 Å². The maximum Gasteiger partial charge on any atom is 0.143 e. The lowest BCUT2D eigenvalue weighted by molar-refractivity contribution is 0.660. The molecule has 10 aromatic rings. The van der Waals surface area contributed by atoms with Crippen LogP contribution in [-0.2, 0) is 10.8 Å². The van der Waals surface area contributed by atoms with E-state index >= 15 is 0 Å². The van der Waals surface area contributed by atoms with Gasteiger partial charge in [-0.05, 0) is 138 Å². The van der Waals surface area contributed by atoms with Gasteiger partial charge in [0, 0.05) is 20.9 Å². The van der Waals surface area contributed by atoms with E-state index in [2.05, 4.69) is 198 Å². The summed E-state index contributed by atoms with van der Waals surface area (Å²) in [4.78, 5) is 11.4. The second-order valence-corrected chi connectivity index (χ2v) is 18.4. The van der Waals surface area contributed by atoms with Crippen molar-refractivity contribution in [2.24, 2.45) is 0 Å². The largest absolute Gasteiger partial charge is 0.243 e. The van der Waals surface area contributed by atoms with Crippen LogP contribution in [0.1, 0.15) is 49.9 Å². The van der Waals surface area contributed by atoms with Crippen molar-refractivity contribution in [2.75, 3.05) is 0 Å². The first-order valence-corrected chi connectivity index (χ1v) is 21.4. The highest BCUT2D eigenvalue weighted by Gasteiger charge is 2.36. The Morgan fingerprint density at radius 1 is 0.356 bits per heavy atom. The van der Waals surface area contributed by atoms with Crippen LogP contribution in [0.25, 0.3) is 98.2 Å². The van der Waals surface area contributed by atoms with Gasteiger partial charge in [-0.2, -0.15) is 0 Å². The van der Waals surface area contributed by atoms with Crippen molar-refractivity contribution in [3.05, 3.63) is 192 Å². The molecule has 0 radical (unpaired) electrons. The highest BCUT2D eigenvalue weighted by atomic mass is 32.1. The Kier molecular flexibility index (Phi) is 7.23. The molecule has 0 aliphatic heterocycles. The van der Waals surface area contributed by atoms with Gasteiger partial charge in [0.05, 0.1) is 11.0 Å². The monoisotopic (exact) mass is 772 g/mol. The third kappa shape index (κ3) is 5.17. The Morgan fingerprint density at radius 2 is 0.814 bits per heavy atom. The smallest absolute Gasteiger partial charge is 0.143 e. The predicted molar refractivity (Wildman–Crippen MR) is 249 cm³/mol. The predicted octanol–water partition coefficient (Wildman–Crippen LogP) is 15.3. The van der Waals surface area contributed by atoms with E-state index in [0.29, 0.717) is 0 Å². The minimum Gasteiger partial charge on any atom is -0.243 e. The van der Waals surface area contributed by atoms with Crippen LogP contribution >= 0.6 is 11.3 Å². The average molecular weight is 773 g/mol. The fourth-order valence-corrected chi connectivity index (χ4v) is 11.1. The summed E-state index contributed by atoms with van der Waals surface area (Å²) in [5.74, 6) is 0. The molecule has 2 aliphatic rings. The molecule has 280 valence electrons. The molecule has 0 unspecified atom stereocenters. The SMILES string of the molecule is CC1(C)c2ccccc2-c2ccc(-c3cccc(-c4ccc5nc6sc7ccc(-c8cccc(-c9ccc%10c(c9)C(C)(C)c9ccccc9-%10)c8)cc7c6nc5c4)c3)cc21. The lowest BCUT2D eigenvalue weighted by atomic mass is 9.81. The molecule has 0 bridgehead atoms. The van der Waals surface area contributed by atoms with Gasteiger partial charge in [-0.3, -0.25) is 0 Å². The summed E-state index contributed by atoms with van der Waals surface area (Å²) in [7, 11) is 0. The Bertz CT molecular complexity index is 3390. The molecular formula is C56H40N2S. The van der Waals surface area contributed by atoms with E-state index < -0.39 is 0 Å². The van der Waals surface area contributed by atoms with E-state index in [1.165, 1.54) is 88.2 Å². The van der Waals surface area contributed by atoms with Gasteiger partial charge in [0.1, 0.15) is 10.3 Å². The van der Waals surface area contributed by atoms with Gasteiger partial charge in [-0.1, -0.05) is 149 Å². The van der Waals surface area contributed by atoms with E-state index in [0.717, 1.165) is 32.3 Å². The number of hydrogen-bond donors (Lipinski definition) is 0. The van der Waals surface area contributed by atoms with E-state index in [1.807, 2.05) is 0 Å². The number of fused-ring (bicyclic) bond motifs is 10. The first-order chi connectivity index (χ1) is 28.7. The van der Waals surface area contributed by atoms with Crippen molar-refractivity contribution in [3.63, 3.8) is 0 Å². The Balaban J connectivity index is 0.886. The maximum absolute atomic E-state index is 5.32. The maximum atomic E-state index is 5.32. The number of rotatable bonds is 4. The Labute approximate surface area is 348 Å². The molecule has 0 fully saturated rings. The highest BCUT2D eigenvalue weighted by Crippen LogP contribution is 2.51. The fraction of sp³-hybridized carbons (Fsp3) is 0.107. The molecular weight excluding hydrogens is 733 g/mol. The third-order valence-electron chi connectivity index (χ3n) is 13.3. The zero-order chi connectivity index (χ0) is 39.6. The molecule has 0 N–H and O–H groups in total. The minimum absolute atomic E-state index is 0.0330. The summed E-state index contributed by atoms with van der Waals surface area (Å²) in [6.45, 7) is 9.38. The lowest BCUT2D eigenvalue weighted by Gasteiger charge is -2.22. The fourth-order valence-electron chi connectivity index (χ4n) is 10.1. The summed E-state index contributed by atoms with van der Waals surface area (Å²) in [6.07, 6.45) is 0. The number of aromatic nitrogens is 2. The molecule has 0 amide bonds. The molecule has 12 rings (SSSR count). The molecule has 2 heterocycles. The summed E-state index contributed by atoms with van der Waals surface area (Å²) in [5, 5.41) is 1.15. The van der Waals surface area contributed by atoms with Crippen LogP contribution in [0.4, 0.5) is 0 Å². The second-order valence-electron chi connectivity index (χ2n) is 17.4. The van der Waals surface area contributed by atoms with Gasteiger partial charge in [-0.25, -0.2) is 9.97 Å². The topological polar surface area (TPSA) is 25.8 Å². The summed E-state index contributed by atoms with van der Waals surface area (Å²) < 4.78 is 1.20. The van der Waals surface area contributed by atoms with Gasteiger partial charge in [0.2, 0.25) is 0 Å². The second kappa shape index (κ2) is 12.4. The molecule has 8 aromatic carbocycles. The van der Waals surface area contributed by atoms with Crippen molar-refractivity contribution in [3.8, 4) is 66.8 Å². The van der Waals surface area contributed by atoms with E-state index in [-0.39, 0.29) is 10.8 Å². The van der Waals surface area contributed by atoms with Gasteiger partial charge in [-0.15, -0.1) is 11.3 Å². The van der Waals surface area contributed by atoms with Crippen molar-refractivity contribution >= 4 is 42.8 Å². The number of hydrogen-bond acceptors (Lipinski definition) is 3. The Hall–Kier alpha value is -6.68. The molecule has 0 atom stereocenters. The molecule has 0 saturated heterocycles.